The molecule has 0 fully saturated rings. The fourth-order valence-corrected chi connectivity index (χ4v) is 0.884. The predicted octanol–water partition coefficient (Wildman–Crippen LogP) is -0.0848. The van der Waals surface area contributed by atoms with E-state index in [0.717, 1.165) is 13.0 Å². The number of thiocarbonyl (C=S) groups is 1. The van der Waals surface area contributed by atoms with E-state index in [1.807, 2.05) is 7.05 Å². The van der Waals surface area contributed by atoms with Crippen LogP contribution in [0.25, 0.3) is 0 Å². The zero-order chi connectivity index (χ0) is 9.94. The Bertz CT molecular complexity index is 133. The second kappa shape index (κ2) is 9.85. The average molecular weight is 206 g/mol. The molecule has 5 heteroatoms. The Morgan fingerprint density at radius 3 is 2.77 bits per heavy atom. The Balaban J connectivity index is 3.08. The third-order valence-electron chi connectivity index (χ3n) is 1.33. The van der Waals surface area contributed by atoms with Crippen molar-refractivity contribution in [2.45, 2.75) is 6.42 Å². The molecule has 0 amide bonds. The molecule has 0 aromatic rings. The van der Waals surface area contributed by atoms with Gasteiger partial charge in [0, 0.05) is 19.5 Å². The molecular formula is C8H18N2O2S. The van der Waals surface area contributed by atoms with E-state index < -0.39 is 0 Å². The number of ether oxygens (including phenoxy) is 2. The summed E-state index contributed by atoms with van der Waals surface area (Å²) in [4.78, 5) is 0. The topological polar surface area (TPSA) is 56.5 Å². The van der Waals surface area contributed by atoms with Crippen LogP contribution in [0.1, 0.15) is 6.42 Å². The molecule has 0 bridgehead atoms. The van der Waals surface area contributed by atoms with Crippen molar-refractivity contribution in [3.8, 4) is 0 Å². The molecule has 0 heterocycles. The monoisotopic (exact) mass is 206 g/mol. The molecule has 13 heavy (non-hydrogen) atoms. The molecule has 78 valence electrons. The van der Waals surface area contributed by atoms with Crippen molar-refractivity contribution < 1.29 is 9.47 Å². The summed E-state index contributed by atoms with van der Waals surface area (Å²) in [5, 5.41) is 3.62. The quantitative estimate of drug-likeness (QED) is 0.429. The van der Waals surface area contributed by atoms with E-state index >= 15 is 0 Å². The second-order valence-corrected chi connectivity index (χ2v) is 2.93. The summed E-state index contributed by atoms with van der Waals surface area (Å²) < 4.78 is 10.3. The van der Waals surface area contributed by atoms with Gasteiger partial charge >= 0.3 is 0 Å². The molecule has 0 aliphatic rings. The van der Waals surface area contributed by atoms with Crippen molar-refractivity contribution >= 4 is 17.3 Å². The number of hydrogen-bond acceptors (Lipinski definition) is 5. The lowest BCUT2D eigenvalue weighted by Gasteiger charge is -2.07. The van der Waals surface area contributed by atoms with Gasteiger partial charge in [-0.2, -0.15) is 0 Å². The van der Waals surface area contributed by atoms with Gasteiger partial charge in [0.05, 0.1) is 13.2 Å². The molecule has 0 atom stereocenters. The van der Waals surface area contributed by atoms with Gasteiger partial charge in [-0.25, -0.2) is 0 Å². The summed E-state index contributed by atoms with van der Waals surface area (Å²) in [5.41, 5.74) is 5.24. The minimum Gasteiger partial charge on any atom is -0.485 e. The van der Waals surface area contributed by atoms with Crippen molar-refractivity contribution in [2.75, 3.05) is 40.0 Å². The maximum Gasteiger partial charge on any atom is 0.161 e. The molecule has 3 N–H and O–H groups in total. The van der Waals surface area contributed by atoms with E-state index in [4.69, 9.17) is 27.4 Å². The highest BCUT2D eigenvalue weighted by Crippen LogP contribution is 1.88. The van der Waals surface area contributed by atoms with Crippen LogP contribution in [0.4, 0.5) is 0 Å². The van der Waals surface area contributed by atoms with E-state index in [0.29, 0.717) is 31.4 Å². The average Bonchev–Trinajstić information content (AvgIpc) is 2.14. The first-order valence-corrected chi connectivity index (χ1v) is 4.80. The zero-order valence-electron chi connectivity index (χ0n) is 8.04. The van der Waals surface area contributed by atoms with E-state index in [1.54, 1.807) is 0 Å². The van der Waals surface area contributed by atoms with Gasteiger partial charge in [-0.15, -0.1) is 0 Å². The summed E-state index contributed by atoms with van der Waals surface area (Å²) in [5.74, 6) is 0. The molecule has 0 rings (SSSR count). The zero-order valence-corrected chi connectivity index (χ0v) is 8.86. The fourth-order valence-electron chi connectivity index (χ4n) is 0.699. The third-order valence-corrected chi connectivity index (χ3v) is 1.65. The molecule has 0 saturated heterocycles. The van der Waals surface area contributed by atoms with Gasteiger partial charge in [0.25, 0.3) is 0 Å². The molecule has 0 spiro atoms. The normalized spacial score (nSPS) is 10.0. The molecule has 0 aromatic carbocycles. The molecule has 0 aliphatic heterocycles. The summed E-state index contributed by atoms with van der Waals surface area (Å²) >= 11 is 4.95. The molecule has 0 aromatic heterocycles. The number of nitrogens with two attached hydrogens (primary N) is 1. The van der Waals surface area contributed by atoms with E-state index in [1.165, 1.54) is 0 Å². The van der Waals surface area contributed by atoms with Crippen molar-refractivity contribution in [3.05, 3.63) is 0 Å². The lowest BCUT2D eigenvalue weighted by Crippen LogP contribution is -2.16. The van der Waals surface area contributed by atoms with Crippen LogP contribution < -0.4 is 11.1 Å². The Morgan fingerprint density at radius 2 is 2.15 bits per heavy atom. The van der Waals surface area contributed by atoms with Gasteiger partial charge < -0.3 is 20.5 Å². The SMILES string of the molecule is CNCCC(=S)OCCOCCN. The molecule has 4 nitrogen and oxygen atoms in total. The highest BCUT2D eigenvalue weighted by molar-refractivity contribution is 7.80. The minimum atomic E-state index is 0.516. The lowest BCUT2D eigenvalue weighted by atomic mass is 10.4. The van der Waals surface area contributed by atoms with Crippen molar-refractivity contribution in [3.63, 3.8) is 0 Å². The Morgan fingerprint density at radius 1 is 1.38 bits per heavy atom. The second-order valence-electron chi connectivity index (χ2n) is 2.48. The Kier molecular flexibility index (Phi) is 9.68. The maximum atomic E-state index is 5.24. The Labute approximate surface area is 84.8 Å². The third kappa shape index (κ3) is 9.69. The van der Waals surface area contributed by atoms with Crippen molar-refractivity contribution in [1.82, 2.24) is 5.32 Å². The van der Waals surface area contributed by atoms with Crippen LogP contribution in [0, 0.1) is 0 Å². The smallest absolute Gasteiger partial charge is 0.161 e. The first kappa shape index (κ1) is 12.8. The maximum absolute atomic E-state index is 5.24. The molecule has 0 unspecified atom stereocenters. The van der Waals surface area contributed by atoms with E-state index in [9.17, 15) is 0 Å². The highest BCUT2D eigenvalue weighted by atomic mass is 32.1. The molecule has 0 radical (unpaired) electrons. The van der Waals surface area contributed by atoms with Crippen LogP contribution in [-0.2, 0) is 9.47 Å². The van der Waals surface area contributed by atoms with E-state index in [2.05, 4.69) is 5.32 Å². The van der Waals surface area contributed by atoms with Crippen LogP contribution in [0.3, 0.4) is 0 Å². The van der Waals surface area contributed by atoms with Crippen LogP contribution in [-0.4, -0.2) is 45.0 Å². The first-order chi connectivity index (χ1) is 6.31. The van der Waals surface area contributed by atoms with Gasteiger partial charge in [-0.05, 0) is 19.3 Å². The standard InChI is InChI=1S/C8H18N2O2S/c1-10-4-2-8(13)12-7-6-11-5-3-9/h10H,2-7,9H2,1H3. The van der Waals surface area contributed by atoms with Crippen LogP contribution in [0.5, 0.6) is 0 Å². The predicted molar refractivity (Wildman–Crippen MR) is 57.0 cm³/mol. The number of rotatable bonds is 8. The van der Waals surface area contributed by atoms with Crippen LogP contribution in [0.15, 0.2) is 0 Å². The molecule has 0 aliphatic carbocycles. The lowest BCUT2D eigenvalue weighted by molar-refractivity contribution is 0.102. The highest BCUT2D eigenvalue weighted by Gasteiger charge is 1.95. The fraction of sp³-hybridized carbons (Fsp3) is 0.875. The molecular weight excluding hydrogens is 188 g/mol. The van der Waals surface area contributed by atoms with Gasteiger partial charge in [0.2, 0.25) is 0 Å². The van der Waals surface area contributed by atoms with Crippen LogP contribution in [0.2, 0.25) is 0 Å². The summed E-state index contributed by atoms with van der Waals surface area (Å²) in [6.07, 6.45) is 0.767. The first-order valence-electron chi connectivity index (χ1n) is 4.39. The van der Waals surface area contributed by atoms with E-state index in [-0.39, 0.29) is 0 Å². The summed E-state index contributed by atoms with van der Waals surface area (Å²) in [6, 6.07) is 0. The van der Waals surface area contributed by atoms with Crippen molar-refractivity contribution in [2.24, 2.45) is 5.73 Å². The van der Waals surface area contributed by atoms with Gasteiger partial charge in [-0.1, -0.05) is 0 Å². The molecule has 0 saturated carbocycles. The van der Waals surface area contributed by atoms with Gasteiger partial charge in [-0.3, -0.25) is 0 Å². The Hall–Kier alpha value is -0.230. The number of nitrogens with one attached hydrogen (secondary N) is 1. The minimum absolute atomic E-state index is 0.516. The van der Waals surface area contributed by atoms with Gasteiger partial charge in [0.1, 0.15) is 6.61 Å². The summed E-state index contributed by atoms with van der Waals surface area (Å²) in [7, 11) is 1.88. The number of hydrogen-bond donors (Lipinski definition) is 2. The van der Waals surface area contributed by atoms with Gasteiger partial charge in [0.15, 0.2) is 5.05 Å². The van der Waals surface area contributed by atoms with Crippen LogP contribution >= 0.6 is 12.2 Å². The largest absolute Gasteiger partial charge is 0.485 e. The summed E-state index contributed by atoms with van der Waals surface area (Å²) in [6.45, 7) is 3.04. The van der Waals surface area contributed by atoms with Crippen molar-refractivity contribution in [1.29, 1.82) is 0 Å².